The number of nitrogens with one attached hydrogen (secondary N) is 2. The molecular formula is C29H41N5O4S. The average molecular weight is 556 g/mol. The summed E-state index contributed by atoms with van der Waals surface area (Å²) in [7, 11) is 0. The molecule has 2 aromatic rings. The number of ether oxygens (including phenoxy) is 1. The van der Waals surface area contributed by atoms with Gasteiger partial charge in [0.2, 0.25) is 0 Å². The van der Waals surface area contributed by atoms with Gasteiger partial charge < -0.3 is 40.5 Å². The Balaban J connectivity index is 1.37. The standard InChI is InChI=1S/C29H41N5O4S/c1-20-17-34(13-14-38-20)26-15-21(4-6-24(26)30)31-27(37)23-5-3-22(32-39-28(2,18-35)19-36)16-25(23)33-11-9-29(7-8-29)10-12-33/h3-6,15-16,20,32,35-36H,7-14,17-19,30H2,1-2H3,(H,31,37)/t20-/m1/s1. The molecule has 0 radical (unpaired) electrons. The highest BCUT2D eigenvalue weighted by molar-refractivity contribution is 8.01. The van der Waals surface area contributed by atoms with Crippen molar-refractivity contribution in [2.75, 3.05) is 71.6 Å². The van der Waals surface area contributed by atoms with E-state index in [-0.39, 0.29) is 25.2 Å². The van der Waals surface area contributed by atoms with E-state index < -0.39 is 4.75 Å². The number of nitrogens with zero attached hydrogens (tertiary/aromatic N) is 2. The maximum atomic E-state index is 13.7. The van der Waals surface area contributed by atoms with Gasteiger partial charge in [-0.05, 0) is 93.3 Å². The Morgan fingerprint density at radius 1 is 1.05 bits per heavy atom. The fourth-order valence-corrected chi connectivity index (χ4v) is 6.00. The van der Waals surface area contributed by atoms with Gasteiger partial charge in [-0.15, -0.1) is 0 Å². The molecule has 0 aromatic heterocycles. The molecular weight excluding hydrogens is 514 g/mol. The van der Waals surface area contributed by atoms with Gasteiger partial charge in [0, 0.05) is 37.6 Å². The molecule has 1 atom stereocenters. The molecule has 5 rings (SSSR count). The third-order valence-electron chi connectivity index (χ3n) is 8.32. The van der Waals surface area contributed by atoms with Crippen LogP contribution in [-0.4, -0.2) is 73.0 Å². The molecule has 0 bridgehead atoms. The molecule has 3 fully saturated rings. The van der Waals surface area contributed by atoms with E-state index >= 15 is 0 Å². The van der Waals surface area contributed by atoms with Crippen LogP contribution >= 0.6 is 11.9 Å². The Kier molecular flexibility index (Phi) is 8.19. The fraction of sp³-hybridized carbons (Fsp3) is 0.552. The number of hydrogen-bond donors (Lipinski definition) is 5. The van der Waals surface area contributed by atoms with E-state index in [1.807, 2.05) is 43.3 Å². The minimum absolute atomic E-state index is 0.121. The molecule has 3 aliphatic rings. The summed E-state index contributed by atoms with van der Waals surface area (Å²) in [5, 5.41) is 22.4. The zero-order valence-electron chi connectivity index (χ0n) is 22.9. The van der Waals surface area contributed by atoms with Crippen molar-refractivity contribution < 1.29 is 19.7 Å². The van der Waals surface area contributed by atoms with Crippen molar-refractivity contribution in [2.24, 2.45) is 5.41 Å². The van der Waals surface area contributed by atoms with Crippen LogP contribution in [0.15, 0.2) is 36.4 Å². The second-order valence-corrected chi connectivity index (χ2v) is 12.9. The zero-order valence-corrected chi connectivity index (χ0v) is 23.7. The quantitative estimate of drug-likeness (QED) is 0.231. The minimum atomic E-state index is -0.717. The van der Waals surface area contributed by atoms with Crippen LogP contribution in [0.3, 0.4) is 0 Å². The molecule has 10 heteroatoms. The van der Waals surface area contributed by atoms with Crippen molar-refractivity contribution in [3.05, 3.63) is 42.0 Å². The second-order valence-electron chi connectivity index (χ2n) is 11.5. The Morgan fingerprint density at radius 2 is 1.74 bits per heavy atom. The number of nitrogens with two attached hydrogens (primary N) is 1. The van der Waals surface area contributed by atoms with Crippen LogP contribution in [0.25, 0.3) is 0 Å². The number of carbonyl (C=O) groups excluding carboxylic acids is 1. The summed E-state index contributed by atoms with van der Waals surface area (Å²) in [5.74, 6) is -0.169. The van der Waals surface area contributed by atoms with Gasteiger partial charge in [0.25, 0.3) is 5.91 Å². The molecule has 1 amide bonds. The molecule has 2 aliphatic heterocycles. The number of aliphatic hydroxyl groups is 2. The second kappa shape index (κ2) is 11.4. The van der Waals surface area contributed by atoms with E-state index in [9.17, 15) is 15.0 Å². The van der Waals surface area contributed by atoms with Crippen LogP contribution in [0.4, 0.5) is 28.4 Å². The summed E-state index contributed by atoms with van der Waals surface area (Å²) in [6, 6.07) is 11.4. The summed E-state index contributed by atoms with van der Waals surface area (Å²) >= 11 is 1.28. The number of nitrogen functional groups attached to an aromatic ring is 1. The van der Waals surface area contributed by atoms with Crippen LogP contribution in [-0.2, 0) is 4.74 Å². The first-order chi connectivity index (χ1) is 18.7. The normalized spacial score (nSPS) is 20.7. The highest BCUT2D eigenvalue weighted by atomic mass is 32.2. The van der Waals surface area contributed by atoms with E-state index in [2.05, 4.69) is 19.8 Å². The molecule has 2 aromatic carbocycles. The van der Waals surface area contributed by atoms with Crippen molar-refractivity contribution >= 4 is 46.3 Å². The number of hydrogen-bond acceptors (Lipinski definition) is 9. The number of morpholine rings is 1. The number of aliphatic hydroxyl groups excluding tert-OH is 2. The Morgan fingerprint density at radius 3 is 2.41 bits per heavy atom. The van der Waals surface area contributed by atoms with Gasteiger partial charge in [0.1, 0.15) is 0 Å². The third kappa shape index (κ3) is 6.40. The highest BCUT2D eigenvalue weighted by Crippen LogP contribution is 2.54. The van der Waals surface area contributed by atoms with Crippen LogP contribution in [0.5, 0.6) is 0 Å². The van der Waals surface area contributed by atoms with Crippen molar-refractivity contribution in [3.63, 3.8) is 0 Å². The molecule has 1 saturated carbocycles. The van der Waals surface area contributed by atoms with E-state index in [0.717, 1.165) is 56.1 Å². The van der Waals surface area contributed by atoms with Crippen LogP contribution < -0.4 is 25.6 Å². The average Bonchev–Trinajstić information content (AvgIpc) is 3.71. The first-order valence-corrected chi connectivity index (χ1v) is 14.7. The summed E-state index contributed by atoms with van der Waals surface area (Å²) in [6.45, 7) is 7.52. The van der Waals surface area contributed by atoms with Crippen molar-refractivity contribution in [2.45, 2.75) is 50.4 Å². The van der Waals surface area contributed by atoms with E-state index in [1.54, 1.807) is 6.92 Å². The molecule has 0 unspecified atom stereocenters. The number of rotatable bonds is 9. The predicted octanol–water partition coefficient (Wildman–Crippen LogP) is 3.93. The maximum absolute atomic E-state index is 13.7. The van der Waals surface area contributed by atoms with Crippen LogP contribution in [0.2, 0.25) is 0 Å². The topological polar surface area (TPSA) is 123 Å². The predicted molar refractivity (Wildman–Crippen MR) is 160 cm³/mol. The Labute approximate surface area is 235 Å². The number of piperidine rings is 1. The van der Waals surface area contributed by atoms with Gasteiger partial charge in [-0.25, -0.2) is 0 Å². The lowest BCUT2D eigenvalue weighted by atomic mass is 9.93. The molecule has 39 heavy (non-hydrogen) atoms. The highest BCUT2D eigenvalue weighted by Gasteiger charge is 2.44. The molecule has 2 saturated heterocycles. The van der Waals surface area contributed by atoms with Gasteiger partial charge >= 0.3 is 0 Å². The lowest BCUT2D eigenvalue weighted by Crippen LogP contribution is -2.41. The summed E-state index contributed by atoms with van der Waals surface area (Å²) in [5.41, 5.74) is 11.4. The summed E-state index contributed by atoms with van der Waals surface area (Å²) < 4.78 is 8.24. The SMILES string of the molecule is C[C@@H]1CN(c2cc(NC(=O)c3ccc(NSC(C)(CO)CO)cc3N3CCC4(CC3)CC4)ccc2N)CCO1. The largest absolute Gasteiger partial charge is 0.397 e. The number of benzene rings is 2. The monoisotopic (exact) mass is 555 g/mol. The third-order valence-corrected chi connectivity index (χ3v) is 9.41. The van der Waals surface area contributed by atoms with Crippen molar-refractivity contribution in [3.8, 4) is 0 Å². The fourth-order valence-electron chi connectivity index (χ4n) is 5.38. The maximum Gasteiger partial charge on any atom is 0.257 e. The van der Waals surface area contributed by atoms with Gasteiger partial charge in [-0.2, -0.15) is 0 Å². The molecule has 6 N–H and O–H groups in total. The van der Waals surface area contributed by atoms with E-state index in [4.69, 9.17) is 10.5 Å². The van der Waals surface area contributed by atoms with Gasteiger partial charge in [-0.3, -0.25) is 4.79 Å². The Bertz CT molecular complexity index is 1180. The summed E-state index contributed by atoms with van der Waals surface area (Å²) in [4.78, 5) is 18.2. The zero-order chi connectivity index (χ0) is 27.6. The number of carbonyl (C=O) groups is 1. The number of anilines is 5. The molecule has 1 spiro atoms. The van der Waals surface area contributed by atoms with Gasteiger partial charge in [0.15, 0.2) is 0 Å². The van der Waals surface area contributed by atoms with E-state index in [0.29, 0.717) is 29.0 Å². The summed E-state index contributed by atoms with van der Waals surface area (Å²) in [6.07, 6.45) is 5.04. The smallest absolute Gasteiger partial charge is 0.257 e. The molecule has 2 heterocycles. The van der Waals surface area contributed by atoms with Gasteiger partial charge in [-0.1, -0.05) is 0 Å². The lowest BCUT2D eigenvalue weighted by molar-refractivity contribution is 0.0533. The molecule has 212 valence electrons. The van der Waals surface area contributed by atoms with Crippen molar-refractivity contribution in [1.82, 2.24) is 0 Å². The van der Waals surface area contributed by atoms with Crippen molar-refractivity contribution in [1.29, 1.82) is 0 Å². The molecule has 9 nitrogen and oxygen atoms in total. The Hall–Kier alpha value is -2.66. The first kappa shape index (κ1) is 27.9. The van der Waals surface area contributed by atoms with E-state index in [1.165, 1.54) is 24.8 Å². The lowest BCUT2D eigenvalue weighted by Gasteiger charge is -2.35. The van der Waals surface area contributed by atoms with Gasteiger partial charge in [0.05, 0.1) is 53.3 Å². The minimum Gasteiger partial charge on any atom is -0.397 e. The van der Waals surface area contributed by atoms with Crippen LogP contribution in [0, 0.1) is 5.41 Å². The number of amides is 1. The first-order valence-electron chi connectivity index (χ1n) is 13.9. The van der Waals surface area contributed by atoms with Crippen LogP contribution in [0.1, 0.15) is 49.9 Å². The molecule has 1 aliphatic carbocycles.